The van der Waals surface area contributed by atoms with Crippen LogP contribution in [0.3, 0.4) is 0 Å². The van der Waals surface area contributed by atoms with Gasteiger partial charge in [0.05, 0.1) is 17.1 Å². The molecule has 1 fully saturated rings. The minimum absolute atomic E-state index is 0.126. The lowest BCUT2D eigenvalue weighted by Crippen LogP contribution is -2.50. The summed E-state index contributed by atoms with van der Waals surface area (Å²) in [5.74, 6) is -0.602. The van der Waals surface area contributed by atoms with E-state index in [2.05, 4.69) is 65.3 Å². The molecule has 3 aromatic carbocycles. The van der Waals surface area contributed by atoms with E-state index in [0.29, 0.717) is 25.2 Å². The number of carbonyl (C=O) groups is 2. The van der Waals surface area contributed by atoms with Gasteiger partial charge >= 0.3 is 5.97 Å². The molecule has 7 heteroatoms. The van der Waals surface area contributed by atoms with Gasteiger partial charge < -0.3 is 9.64 Å². The van der Waals surface area contributed by atoms with E-state index in [1.807, 2.05) is 41.3 Å². The van der Waals surface area contributed by atoms with Gasteiger partial charge in [0, 0.05) is 62.3 Å². The summed E-state index contributed by atoms with van der Waals surface area (Å²) in [4.78, 5) is 38.1. The second-order valence-corrected chi connectivity index (χ2v) is 10.8. The summed E-state index contributed by atoms with van der Waals surface area (Å²) in [5.41, 5.74) is 5.70. The highest BCUT2D eigenvalue weighted by molar-refractivity contribution is 6.05. The summed E-state index contributed by atoms with van der Waals surface area (Å²) in [5, 5.41) is 0.781. The molecule has 6 rings (SSSR count). The lowest BCUT2D eigenvalue weighted by Gasteiger charge is -2.39. The smallest absolute Gasteiger partial charge is 0.339 e. The van der Waals surface area contributed by atoms with Crippen molar-refractivity contribution in [2.75, 3.05) is 45.9 Å². The van der Waals surface area contributed by atoms with Gasteiger partial charge in [-0.1, -0.05) is 85.8 Å². The number of para-hydroxylation sites is 1. The fourth-order valence-electron chi connectivity index (χ4n) is 6.15. The van der Waals surface area contributed by atoms with Gasteiger partial charge in [0.25, 0.3) is 5.91 Å². The molecule has 0 saturated carbocycles. The molecule has 4 aromatic rings. The van der Waals surface area contributed by atoms with Crippen LogP contribution in [0.4, 0.5) is 0 Å². The summed E-state index contributed by atoms with van der Waals surface area (Å²) < 4.78 is 5.71. The van der Waals surface area contributed by atoms with Gasteiger partial charge in [-0.15, -0.1) is 0 Å². The third-order valence-corrected chi connectivity index (χ3v) is 8.37. The van der Waals surface area contributed by atoms with Gasteiger partial charge in [-0.25, -0.2) is 4.79 Å². The Morgan fingerprint density at radius 2 is 1.46 bits per heavy atom. The monoisotopic (exact) mass is 548 g/mol. The fourth-order valence-corrected chi connectivity index (χ4v) is 6.15. The SMILES string of the molecule is CCN1CCc2nc3ccccc3c(C(=O)OCC(=O)N3CCN(C(c4ccccc4)c4ccccc4)CC3)c2C1. The van der Waals surface area contributed by atoms with Gasteiger partial charge in [-0.05, 0) is 23.7 Å². The topological polar surface area (TPSA) is 66.0 Å². The van der Waals surface area contributed by atoms with E-state index in [-0.39, 0.29) is 18.6 Å². The normalized spacial score (nSPS) is 16.1. The summed E-state index contributed by atoms with van der Waals surface area (Å²) in [6, 6.07) is 28.8. The molecule has 1 saturated heterocycles. The van der Waals surface area contributed by atoms with Crippen molar-refractivity contribution in [2.45, 2.75) is 25.9 Å². The first-order valence-electron chi connectivity index (χ1n) is 14.5. The van der Waals surface area contributed by atoms with Crippen LogP contribution in [0.25, 0.3) is 10.9 Å². The molecule has 0 N–H and O–H groups in total. The molecular weight excluding hydrogens is 512 g/mol. The summed E-state index contributed by atoms with van der Waals surface area (Å²) >= 11 is 0. The van der Waals surface area contributed by atoms with Crippen LogP contribution < -0.4 is 0 Å². The van der Waals surface area contributed by atoms with Crippen molar-refractivity contribution in [1.29, 1.82) is 0 Å². The van der Waals surface area contributed by atoms with Crippen LogP contribution in [0.15, 0.2) is 84.9 Å². The lowest BCUT2D eigenvalue weighted by atomic mass is 9.96. The zero-order valence-corrected chi connectivity index (χ0v) is 23.5. The molecule has 0 aliphatic carbocycles. The molecule has 2 aliphatic heterocycles. The number of carbonyl (C=O) groups excluding carboxylic acids is 2. The number of pyridine rings is 1. The molecule has 2 aliphatic rings. The van der Waals surface area contributed by atoms with E-state index in [0.717, 1.165) is 54.8 Å². The van der Waals surface area contributed by atoms with Crippen molar-refractivity contribution in [1.82, 2.24) is 19.7 Å². The first kappa shape index (κ1) is 27.1. The number of nitrogens with zero attached hydrogens (tertiary/aromatic N) is 4. The number of hydrogen-bond acceptors (Lipinski definition) is 6. The number of likely N-dealkylation sites (N-methyl/N-ethyl adjacent to an activating group) is 1. The molecule has 0 radical (unpaired) electrons. The molecule has 0 bridgehead atoms. The first-order chi connectivity index (χ1) is 20.1. The standard InChI is InChI=1S/C34H36N4O3/c1-2-36-18-17-30-28(23-36)32(27-15-9-10-16-29(27)35-30)34(40)41-24-31(39)37-19-21-38(22-20-37)33(25-11-5-3-6-12-25)26-13-7-4-8-14-26/h3-16,33H,2,17-24H2,1H3. The number of rotatable bonds is 7. The van der Waals surface area contributed by atoms with Crippen LogP contribution in [0.5, 0.6) is 0 Å². The van der Waals surface area contributed by atoms with E-state index in [9.17, 15) is 9.59 Å². The van der Waals surface area contributed by atoms with E-state index in [1.165, 1.54) is 11.1 Å². The predicted molar refractivity (Wildman–Crippen MR) is 160 cm³/mol. The number of amides is 1. The van der Waals surface area contributed by atoms with Crippen LogP contribution in [-0.4, -0.2) is 77.4 Å². The second kappa shape index (κ2) is 12.2. The number of hydrogen-bond donors (Lipinski definition) is 0. The van der Waals surface area contributed by atoms with Gasteiger partial charge in [0.1, 0.15) is 0 Å². The van der Waals surface area contributed by atoms with Crippen molar-refractivity contribution < 1.29 is 14.3 Å². The molecule has 0 unspecified atom stereocenters. The summed E-state index contributed by atoms with van der Waals surface area (Å²) in [7, 11) is 0. The molecular formula is C34H36N4O3. The summed E-state index contributed by atoms with van der Waals surface area (Å²) in [6.45, 7) is 7.00. The third kappa shape index (κ3) is 5.73. The number of fused-ring (bicyclic) bond motifs is 2. The summed E-state index contributed by atoms with van der Waals surface area (Å²) in [6.07, 6.45) is 0.796. The van der Waals surface area contributed by atoms with E-state index in [4.69, 9.17) is 9.72 Å². The lowest BCUT2D eigenvalue weighted by molar-refractivity contribution is -0.136. The van der Waals surface area contributed by atoms with Crippen LogP contribution in [-0.2, 0) is 22.5 Å². The van der Waals surface area contributed by atoms with Gasteiger partial charge in [-0.2, -0.15) is 0 Å². The quantitative estimate of drug-likeness (QED) is 0.312. The van der Waals surface area contributed by atoms with Crippen molar-refractivity contribution in [2.24, 2.45) is 0 Å². The van der Waals surface area contributed by atoms with E-state index >= 15 is 0 Å². The molecule has 0 spiro atoms. The Morgan fingerprint density at radius 1 is 0.829 bits per heavy atom. The van der Waals surface area contributed by atoms with Crippen molar-refractivity contribution in [3.63, 3.8) is 0 Å². The Kier molecular flexibility index (Phi) is 8.07. The number of esters is 1. The maximum Gasteiger partial charge on any atom is 0.339 e. The van der Waals surface area contributed by atoms with E-state index < -0.39 is 5.97 Å². The van der Waals surface area contributed by atoms with Crippen molar-refractivity contribution >= 4 is 22.8 Å². The average Bonchev–Trinajstić information content (AvgIpc) is 3.03. The molecule has 0 atom stereocenters. The molecule has 7 nitrogen and oxygen atoms in total. The maximum atomic E-state index is 13.5. The highest BCUT2D eigenvalue weighted by atomic mass is 16.5. The van der Waals surface area contributed by atoms with Crippen LogP contribution in [0, 0.1) is 0 Å². The molecule has 1 aromatic heterocycles. The molecule has 3 heterocycles. The zero-order valence-electron chi connectivity index (χ0n) is 23.5. The number of ether oxygens (including phenoxy) is 1. The predicted octanol–water partition coefficient (Wildman–Crippen LogP) is 4.70. The fraction of sp³-hybridized carbons (Fsp3) is 0.324. The Labute approximate surface area is 241 Å². The number of piperazine rings is 1. The Hall–Kier alpha value is -4.07. The zero-order chi connectivity index (χ0) is 28.2. The minimum Gasteiger partial charge on any atom is -0.452 e. The number of benzene rings is 3. The first-order valence-corrected chi connectivity index (χ1v) is 14.5. The maximum absolute atomic E-state index is 13.5. The molecule has 1 amide bonds. The van der Waals surface area contributed by atoms with Crippen molar-refractivity contribution in [3.8, 4) is 0 Å². The number of aromatic nitrogens is 1. The largest absolute Gasteiger partial charge is 0.452 e. The highest BCUT2D eigenvalue weighted by Gasteiger charge is 2.30. The Morgan fingerprint density at radius 3 is 2.12 bits per heavy atom. The van der Waals surface area contributed by atoms with Gasteiger partial charge in [-0.3, -0.25) is 19.6 Å². The van der Waals surface area contributed by atoms with Gasteiger partial charge in [0.15, 0.2) is 6.61 Å². The third-order valence-electron chi connectivity index (χ3n) is 8.37. The van der Waals surface area contributed by atoms with E-state index in [1.54, 1.807) is 0 Å². The highest BCUT2D eigenvalue weighted by Crippen LogP contribution is 2.30. The Balaban J connectivity index is 1.13. The van der Waals surface area contributed by atoms with Gasteiger partial charge in [0.2, 0.25) is 0 Å². The molecule has 210 valence electrons. The average molecular weight is 549 g/mol. The minimum atomic E-state index is -0.446. The Bertz CT molecular complexity index is 1480. The van der Waals surface area contributed by atoms with Crippen molar-refractivity contribution in [3.05, 3.63) is 113 Å². The second-order valence-electron chi connectivity index (χ2n) is 10.8. The van der Waals surface area contributed by atoms with Crippen LogP contribution in [0.2, 0.25) is 0 Å². The van der Waals surface area contributed by atoms with Crippen LogP contribution >= 0.6 is 0 Å². The van der Waals surface area contributed by atoms with Crippen LogP contribution in [0.1, 0.15) is 45.7 Å². The molecule has 41 heavy (non-hydrogen) atoms.